The van der Waals surface area contributed by atoms with Crippen LogP contribution in [0.25, 0.3) is 0 Å². The molecule has 0 aliphatic carbocycles. The van der Waals surface area contributed by atoms with Crippen molar-refractivity contribution in [3.63, 3.8) is 0 Å². The van der Waals surface area contributed by atoms with E-state index in [-0.39, 0.29) is 18.3 Å². The normalized spacial score (nSPS) is 12.2. The first-order chi connectivity index (χ1) is 9.16. The van der Waals surface area contributed by atoms with Crippen LogP contribution in [-0.4, -0.2) is 35.7 Å². The summed E-state index contributed by atoms with van der Waals surface area (Å²) in [5, 5.41) is 11.4. The first-order valence-corrected chi connectivity index (χ1v) is 7.53. The number of hydrogen-bond acceptors (Lipinski definition) is 3. The van der Waals surface area contributed by atoms with E-state index in [0.29, 0.717) is 12.1 Å². The molecular formula is C14H20FNO2S. The number of aliphatic hydroxyl groups excluding tert-OH is 1. The van der Waals surface area contributed by atoms with Crippen LogP contribution in [0.15, 0.2) is 24.3 Å². The molecule has 0 saturated carbocycles. The van der Waals surface area contributed by atoms with Gasteiger partial charge in [-0.25, -0.2) is 4.39 Å². The van der Waals surface area contributed by atoms with Crippen LogP contribution in [-0.2, 0) is 4.79 Å². The van der Waals surface area contributed by atoms with E-state index in [1.165, 1.54) is 6.07 Å². The number of rotatable bonds is 8. The maximum Gasteiger partial charge on any atom is 0.227 e. The zero-order valence-electron chi connectivity index (χ0n) is 11.1. The molecule has 1 aromatic carbocycles. The monoisotopic (exact) mass is 285 g/mol. The van der Waals surface area contributed by atoms with Gasteiger partial charge in [-0.2, -0.15) is 11.8 Å². The third kappa shape index (κ3) is 5.61. The van der Waals surface area contributed by atoms with Crippen LogP contribution >= 0.6 is 11.8 Å². The second kappa shape index (κ2) is 8.93. The quantitative estimate of drug-likeness (QED) is 0.720. The van der Waals surface area contributed by atoms with Crippen LogP contribution in [0.3, 0.4) is 0 Å². The summed E-state index contributed by atoms with van der Waals surface area (Å²) in [7, 11) is 0. The topological polar surface area (TPSA) is 49.3 Å². The predicted molar refractivity (Wildman–Crippen MR) is 76.9 cm³/mol. The Morgan fingerprint density at radius 3 is 2.84 bits per heavy atom. The van der Waals surface area contributed by atoms with Crippen molar-refractivity contribution in [2.24, 2.45) is 0 Å². The van der Waals surface area contributed by atoms with Crippen molar-refractivity contribution in [3.05, 3.63) is 35.6 Å². The van der Waals surface area contributed by atoms with E-state index in [2.05, 4.69) is 5.32 Å². The van der Waals surface area contributed by atoms with Crippen molar-refractivity contribution < 1.29 is 14.3 Å². The molecule has 0 heterocycles. The van der Waals surface area contributed by atoms with Crippen molar-refractivity contribution in [1.29, 1.82) is 0 Å². The van der Waals surface area contributed by atoms with Crippen molar-refractivity contribution in [3.8, 4) is 0 Å². The number of nitrogens with one attached hydrogen (secondary N) is 1. The van der Waals surface area contributed by atoms with E-state index in [9.17, 15) is 9.18 Å². The molecule has 0 bridgehead atoms. The number of hydrogen-bond donors (Lipinski definition) is 2. The summed E-state index contributed by atoms with van der Waals surface area (Å²) in [4.78, 5) is 11.9. The minimum absolute atomic E-state index is 0.159. The fraction of sp³-hybridized carbons (Fsp3) is 0.500. The lowest BCUT2D eigenvalue weighted by Crippen LogP contribution is -2.30. The van der Waals surface area contributed by atoms with Crippen LogP contribution in [0.1, 0.15) is 24.8 Å². The van der Waals surface area contributed by atoms with E-state index in [0.717, 1.165) is 17.9 Å². The van der Waals surface area contributed by atoms with Crippen LogP contribution in [0.2, 0.25) is 0 Å². The number of aliphatic hydroxyl groups is 1. The molecule has 1 amide bonds. The predicted octanol–water partition coefficient (Wildman–Crippen LogP) is 2.16. The molecule has 2 N–H and O–H groups in total. The van der Waals surface area contributed by atoms with Gasteiger partial charge in [0, 0.05) is 18.9 Å². The number of carbonyl (C=O) groups excluding carboxylic acids is 1. The summed E-state index contributed by atoms with van der Waals surface area (Å²) in [6.45, 7) is 2.46. The average molecular weight is 285 g/mol. The summed E-state index contributed by atoms with van der Waals surface area (Å²) in [6, 6.07) is 6.34. The van der Waals surface area contributed by atoms with Gasteiger partial charge in [-0.15, -0.1) is 0 Å². The molecular weight excluding hydrogens is 265 g/mol. The summed E-state index contributed by atoms with van der Waals surface area (Å²) in [5.41, 5.74) is 0.424. The molecule has 106 valence electrons. The van der Waals surface area contributed by atoms with Gasteiger partial charge < -0.3 is 10.4 Å². The minimum atomic E-state index is -0.483. The molecule has 1 rings (SSSR count). The molecule has 0 saturated heterocycles. The standard InChI is InChI=1S/C14H20FNO2S/c1-11(12-5-2-3-6-13(12)15)14(18)16-7-10-19-9-4-8-17/h2-3,5-6,11,17H,4,7-10H2,1H3,(H,16,18). The number of benzene rings is 1. The molecule has 1 unspecified atom stereocenters. The lowest BCUT2D eigenvalue weighted by atomic mass is 10.00. The van der Waals surface area contributed by atoms with Crippen molar-refractivity contribution in [1.82, 2.24) is 5.32 Å². The zero-order valence-corrected chi connectivity index (χ0v) is 11.9. The molecule has 0 aliphatic heterocycles. The molecule has 0 aliphatic rings. The fourth-order valence-corrected chi connectivity index (χ4v) is 2.42. The molecule has 0 aromatic heterocycles. The molecule has 1 aromatic rings. The zero-order chi connectivity index (χ0) is 14.1. The lowest BCUT2D eigenvalue weighted by molar-refractivity contribution is -0.122. The highest BCUT2D eigenvalue weighted by molar-refractivity contribution is 7.99. The summed E-state index contributed by atoms with van der Waals surface area (Å²) < 4.78 is 13.5. The Morgan fingerprint density at radius 2 is 2.16 bits per heavy atom. The molecule has 1 atom stereocenters. The van der Waals surface area contributed by atoms with E-state index >= 15 is 0 Å². The van der Waals surface area contributed by atoms with Gasteiger partial charge in [-0.1, -0.05) is 18.2 Å². The Labute approximate surface area is 117 Å². The highest BCUT2D eigenvalue weighted by atomic mass is 32.2. The largest absolute Gasteiger partial charge is 0.396 e. The first-order valence-electron chi connectivity index (χ1n) is 6.37. The van der Waals surface area contributed by atoms with Gasteiger partial charge in [0.25, 0.3) is 0 Å². The molecule has 5 heteroatoms. The average Bonchev–Trinajstić information content (AvgIpc) is 2.42. The minimum Gasteiger partial charge on any atom is -0.396 e. The first kappa shape index (κ1) is 16.0. The van der Waals surface area contributed by atoms with Crippen molar-refractivity contribution in [2.45, 2.75) is 19.3 Å². The lowest BCUT2D eigenvalue weighted by Gasteiger charge is -2.13. The highest BCUT2D eigenvalue weighted by Gasteiger charge is 2.17. The van der Waals surface area contributed by atoms with Gasteiger partial charge in [-0.3, -0.25) is 4.79 Å². The second-order valence-corrected chi connectivity index (χ2v) is 5.45. The van der Waals surface area contributed by atoms with Gasteiger partial charge >= 0.3 is 0 Å². The number of amides is 1. The Balaban J connectivity index is 2.31. The SMILES string of the molecule is CC(C(=O)NCCSCCCO)c1ccccc1F. The summed E-state index contributed by atoms with van der Waals surface area (Å²) in [6.07, 6.45) is 0.768. The van der Waals surface area contributed by atoms with Crippen LogP contribution in [0.4, 0.5) is 4.39 Å². The highest BCUT2D eigenvalue weighted by Crippen LogP contribution is 2.18. The maximum absolute atomic E-state index is 13.5. The van der Waals surface area contributed by atoms with Crippen LogP contribution < -0.4 is 5.32 Å². The van der Waals surface area contributed by atoms with Gasteiger partial charge in [-0.05, 0) is 30.7 Å². The third-order valence-electron chi connectivity index (χ3n) is 2.76. The van der Waals surface area contributed by atoms with E-state index in [1.807, 2.05) is 0 Å². The molecule has 3 nitrogen and oxygen atoms in total. The van der Waals surface area contributed by atoms with Gasteiger partial charge in [0.05, 0.1) is 5.92 Å². The smallest absolute Gasteiger partial charge is 0.227 e. The Kier molecular flexibility index (Phi) is 7.52. The van der Waals surface area contributed by atoms with Crippen LogP contribution in [0.5, 0.6) is 0 Å². The van der Waals surface area contributed by atoms with Gasteiger partial charge in [0.2, 0.25) is 5.91 Å². The van der Waals surface area contributed by atoms with E-state index < -0.39 is 5.92 Å². The Bertz CT molecular complexity index is 401. The number of thioether (sulfide) groups is 1. The molecule has 0 spiro atoms. The fourth-order valence-electron chi connectivity index (χ4n) is 1.64. The Morgan fingerprint density at radius 1 is 1.42 bits per heavy atom. The third-order valence-corrected chi connectivity index (χ3v) is 3.83. The second-order valence-electron chi connectivity index (χ2n) is 4.22. The maximum atomic E-state index is 13.5. The van der Waals surface area contributed by atoms with E-state index in [1.54, 1.807) is 36.9 Å². The summed E-state index contributed by atoms with van der Waals surface area (Å²) in [5.74, 6) is 0.698. The van der Waals surface area contributed by atoms with Crippen molar-refractivity contribution in [2.75, 3.05) is 24.7 Å². The molecule has 0 radical (unpaired) electrons. The van der Waals surface area contributed by atoms with Crippen molar-refractivity contribution >= 4 is 17.7 Å². The number of carbonyl (C=O) groups is 1. The molecule has 19 heavy (non-hydrogen) atoms. The van der Waals surface area contributed by atoms with Gasteiger partial charge in [0.15, 0.2) is 0 Å². The van der Waals surface area contributed by atoms with Gasteiger partial charge in [0.1, 0.15) is 5.82 Å². The molecule has 0 fully saturated rings. The number of halogens is 1. The Hall–Kier alpha value is -1.07. The van der Waals surface area contributed by atoms with E-state index in [4.69, 9.17) is 5.11 Å². The van der Waals surface area contributed by atoms with Crippen LogP contribution in [0, 0.1) is 5.82 Å². The summed E-state index contributed by atoms with van der Waals surface area (Å²) >= 11 is 1.68.